The molecule has 0 aromatic heterocycles. The zero-order valence-corrected chi connectivity index (χ0v) is 9.23. The Bertz CT molecular complexity index is 251. The van der Waals surface area contributed by atoms with Gasteiger partial charge in [-0.15, -0.1) is 0 Å². The van der Waals surface area contributed by atoms with Crippen LogP contribution in [0.4, 0.5) is 0 Å². The standard InChI is InChI=1S/C10H18N2O3/c1-3-12(6-8(11)13)9(7-4-5-7)10(14)15-2/h7,9H,3-6H2,1-2H3,(H2,11,13). The summed E-state index contributed by atoms with van der Waals surface area (Å²) >= 11 is 0. The lowest BCUT2D eigenvalue weighted by Crippen LogP contribution is -2.47. The van der Waals surface area contributed by atoms with Crippen LogP contribution in [0.5, 0.6) is 0 Å². The number of methoxy groups -OCH3 is 1. The molecule has 0 saturated heterocycles. The summed E-state index contributed by atoms with van der Waals surface area (Å²) in [4.78, 5) is 24.2. The van der Waals surface area contributed by atoms with Crippen LogP contribution in [0.1, 0.15) is 19.8 Å². The maximum atomic E-state index is 11.6. The summed E-state index contributed by atoms with van der Waals surface area (Å²) in [7, 11) is 1.37. The van der Waals surface area contributed by atoms with Crippen molar-refractivity contribution in [1.82, 2.24) is 4.90 Å². The van der Waals surface area contributed by atoms with Crippen molar-refractivity contribution < 1.29 is 14.3 Å². The third-order valence-corrected chi connectivity index (χ3v) is 2.67. The number of amides is 1. The van der Waals surface area contributed by atoms with Crippen molar-refractivity contribution in [1.29, 1.82) is 0 Å². The van der Waals surface area contributed by atoms with Gasteiger partial charge < -0.3 is 10.5 Å². The van der Waals surface area contributed by atoms with Crippen molar-refractivity contribution in [2.24, 2.45) is 11.7 Å². The summed E-state index contributed by atoms with van der Waals surface area (Å²) in [5.41, 5.74) is 5.14. The highest BCUT2D eigenvalue weighted by molar-refractivity contribution is 5.79. The minimum Gasteiger partial charge on any atom is -0.468 e. The number of rotatable bonds is 6. The Kier molecular flexibility index (Phi) is 4.08. The maximum absolute atomic E-state index is 11.6. The Labute approximate surface area is 89.6 Å². The first kappa shape index (κ1) is 12.0. The summed E-state index contributed by atoms with van der Waals surface area (Å²) < 4.78 is 4.75. The van der Waals surface area contributed by atoms with Crippen LogP contribution >= 0.6 is 0 Å². The van der Waals surface area contributed by atoms with Gasteiger partial charge in [-0.05, 0) is 25.3 Å². The molecule has 0 aliphatic heterocycles. The topological polar surface area (TPSA) is 72.6 Å². The number of nitrogens with two attached hydrogens (primary N) is 1. The Morgan fingerprint density at radius 3 is 2.47 bits per heavy atom. The summed E-state index contributed by atoms with van der Waals surface area (Å²) in [5.74, 6) is -0.344. The van der Waals surface area contributed by atoms with E-state index in [1.807, 2.05) is 6.92 Å². The summed E-state index contributed by atoms with van der Waals surface area (Å²) in [6.07, 6.45) is 2.05. The molecule has 1 unspecified atom stereocenters. The van der Waals surface area contributed by atoms with Crippen LogP contribution in [0.25, 0.3) is 0 Å². The van der Waals surface area contributed by atoms with E-state index in [0.717, 1.165) is 12.8 Å². The highest BCUT2D eigenvalue weighted by Crippen LogP contribution is 2.35. The molecule has 5 heteroatoms. The fourth-order valence-electron chi connectivity index (χ4n) is 1.78. The zero-order chi connectivity index (χ0) is 11.4. The molecule has 0 radical (unpaired) electrons. The molecular weight excluding hydrogens is 196 g/mol. The first-order valence-electron chi connectivity index (χ1n) is 5.20. The molecule has 1 saturated carbocycles. The van der Waals surface area contributed by atoms with Crippen molar-refractivity contribution in [2.75, 3.05) is 20.2 Å². The average molecular weight is 214 g/mol. The van der Waals surface area contributed by atoms with E-state index in [2.05, 4.69) is 0 Å². The Morgan fingerprint density at radius 1 is 1.53 bits per heavy atom. The monoisotopic (exact) mass is 214 g/mol. The SMILES string of the molecule is CCN(CC(N)=O)C(C(=O)OC)C1CC1. The number of carbonyl (C=O) groups is 2. The molecule has 0 aromatic carbocycles. The van der Waals surface area contributed by atoms with E-state index in [1.165, 1.54) is 7.11 Å². The largest absolute Gasteiger partial charge is 0.468 e. The third kappa shape index (κ3) is 3.20. The molecule has 1 rings (SSSR count). The molecule has 15 heavy (non-hydrogen) atoms. The molecule has 5 nitrogen and oxygen atoms in total. The number of nitrogens with zero attached hydrogens (tertiary/aromatic N) is 1. The average Bonchev–Trinajstić information content (AvgIpc) is 2.99. The first-order valence-corrected chi connectivity index (χ1v) is 5.20. The van der Waals surface area contributed by atoms with Crippen LogP contribution in [0.2, 0.25) is 0 Å². The van der Waals surface area contributed by atoms with Gasteiger partial charge >= 0.3 is 5.97 Å². The van der Waals surface area contributed by atoms with E-state index < -0.39 is 5.91 Å². The van der Waals surface area contributed by atoms with Gasteiger partial charge in [-0.3, -0.25) is 14.5 Å². The molecule has 0 aromatic rings. The van der Waals surface area contributed by atoms with Gasteiger partial charge in [-0.1, -0.05) is 6.92 Å². The van der Waals surface area contributed by atoms with E-state index in [9.17, 15) is 9.59 Å². The zero-order valence-electron chi connectivity index (χ0n) is 9.23. The minimum absolute atomic E-state index is 0.118. The fourth-order valence-corrected chi connectivity index (χ4v) is 1.78. The van der Waals surface area contributed by atoms with Gasteiger partial charge in [0.25, 0.3) is 0 Å². The molecule has 1 atom stereocenters. The highest BCUT2D eigenvalue weighted by Gasteiger charge is 2.40. The Balaban J connectivity index is 2.66. The van der Waals surface area contributed by atoms with Crippen LogP contribution in [0.3, 0.4) is 0 Å². The van der Waals surface area contributed by atoms with E-state index in [0.29, 0.717) is 12.5 Å². The molecule has 1 fully saturated rings. The summed E-state index contributed by atoms with van der Waals surface area (Å²) in [6.45, 7) is 2.65. The molecule has 0 spiro atoms. The van der Waals surface area contributed by atoms with E-state index in [-0.39, 0.29) is 18.6 Å². The van der Waals surface area contributed by atoms with Crippen molar-refractivity contribution in [3.63, 3.8) is 0 Å². The van der Waals surface area contributed by atoms with Crippen molar-refractivity contribution in [3.8, 4) is 0 Å². The summed E-state index contributed by atoms with van der Waals surface area (Å²) in [5, 5.41) is 0. The predicted octanol–water partition coefficient (Wildman–Crippen LogP) is -0.255. The van der Waals surface area contributed by atoms with Crippen molar-refractivity contribution >= 4 is 11.9 Å². The molecule has 1 amide bonds. The Morgan fingerprint density at radius 2 is 2.13 bits per heavy atom. The lowest BCUT2D eigenvalue weighted by atomic mass is 10.1. The van der Waals surface area contributed by atoms with Gasteiger partial charge in [0.2, 0.25) is 5.91 Å². The van der Waals surface area contributed by atoms with Gasteiger partial charge in [0.15, 0.2) is 0 Å². The fraction of sp³-hybridized carbons (Fsp3) is 0.800. The highest BCUT2D eigenvalue weighted by atomic mass is 16.5. The molecule has 86 valence electrons. The molecule has 1 aliphatic carbocycles. The minimum atomic E-state index is -0.411. The second kappa shape index (κ2) is 5.11. The number of carbonyl (C=O) groups excluding carboxylic acids is 2. The van der Waals surface area contributed by atoms with Crippen LogP contribution in [0, 0.1) is 5.92 Å². The van der Waals surface area contributed by atoms with Crippen LogP contribution in [0.15, 0.2) is 0 Å². The van der Waals surface area contributed by atoms with Gasteiger partial charge in [-0.25, -0.2) is 0 Å². The summed E-state index contributed by atoms with van der Waals surface area (Å²) in [6, 6.07) is -0.299. The number of likely N-dealkylation sites (N-methyl/N-ethyl adjacent to an activating group) is 1. The third-order valence-electron chi connectivity index (χ3n) is 2.67. The number of esters is 1. The Hall–Kier alpha value is -1.10. The van der Waals surface area contributed by atoms with Crippen LogP contribution in [-0.4, -0.2) is 43.0 Å². The second-order valence-electron chi connectivity index (χ2n) is 3.83. The van der Waals surface area contributed by atoms with Gasteiger partial charge in [0.1, 0.15) is 6.04 Å². The quantitative estimate of drug-likeness (QED) is 0.618. The number of ether oxygens (including phenoxy) is 1. The van der Waals surface area contributed by atoms with Crippen LogP contribution < -0.4 is 5.73 Å². The van der Waals surface area contributed by atoms with E-state index in [1.54, 1.807) is 4.90 Å². The second-order valence-corrected chi connectivity index (χ2v) is 3.83. The number of hydrogen-bond acceptors (Lipinski definition) is 4. The first-order chi connectivity index (χ1) is 7.10. The van der Waals surface area contributed by atoms with Gasteiger partial charge in [-0.2, -0.15) is 0 Å². The van der Waals surface area contributed by atoms with Crippen molar-refractivity contribution in [3.05, 3.63) is 0 Å². The predicted molar refractivity (Wildman–Crippen MR) is 55.0 cm³/mol. The number of primary amides is 1. The van der Waals surface area contributed by atoms with Crippen molar-refractivity contribution in [2.45, 2.75) is 25.8 Å². The van der Waals surface area contributed by atoms with Gasteiger partial charge in [0, 0.05) is 0 Å². The lowest BCUT2D eigenvalue weighted by molar-refractivity contribution is -0.148. The van der Waals surface area contributed by atoms with E-state index >= 15 is 0 Å². The van der Waals surface area contributed by atoms with Gasteiger partial charge in [0.05, 0.1) is 13.7 Å². The molecule has 2 N–H and O–H groups in total. The molecule has 0 bridgehead atoms. The molecule has 1 aliphatic rings. The van der Waals surface area contributed by atoms with Crippen LogP contribution in [-0.2, 0) is 14.3 Å². The smallest absolute Gasteiger partial charge is 0.323 e. The normalized spacial score (nSPS) is 17.5. The van der Waals surface area contributed by atoms with E-state index in [4.69, 9.17) is 10.5 Å². The number of hydrogen-bond donors (Lipinski definition) is 1. The lowest BCUT2D eigenvalue weighted by Gasteiger charge is -2.27. The molecule has 0 heterocycles. The maximum Gasteiger partial charge on any atom is 0.323 e. The molecular formula is C10H18N2O3.